The van der Waals surface area contributed by atoms with Gasteiger partial charge in [-0.1, -0.05) is 63.3 Å². The molecular weight excluding hydrogens is 470 g/mol. The Kier molecular flexibility index (Phi) is 6.11. The molecule has 4 aliphatic carbocycles. The van der Waals surface area contributed by atoms with Crippen LogP contribution in [0.25, 0.3) is 0 Å². The van der Waals surface area contributed by atoms with Crippen LogP contribution >= 0.6 is 0 Å². The standard InChI is InChI=1S/C30H39NO6/c1-17-12-23-28(35,25(17)33)15-20(16-32)13-21-24-27(3,4)29(24,14-18(2)30(21,23)36)37-26(34)22(31)11-10-19-8-6-5-7-9-19/h5-9,12-13,18,21-24,32,35-36H,10-11,14-16,31H2,1-4H3/t18-,21+,22?,23-,24-,28-,29+,30-/m1/s1. The van der Waals surface area contributed by atoms with Crippen molar-refractivity contribution >= 4 is 11.8 Å². The minimum absolute atomic E-state index is 0.0311. The molecule has 0 amide bonds. The Hall–Kier alpha value is -2.32. The Morgan fingerprint density at radius 3 is 2.51 bits per heavy atom. The zero-order valence-corrected chi connectivity index (χ0v) is 22.1. The predicted octanol–water partition coefficient (Wildman–Crippen LogP) is 2.47. The number of rotatable bonds is 6. The van der Waals surface area contributed by atoms with Gasteiger partial charge in [-0.05, 0) is 48.8 Å². The molecule has 2 saturated carbocycles. The van der Waals surface area contributed by atoms with Crippen molar-refractivity contribution in [1.82, 2.24) is 0 Å². The van der Waals surface area contributed by atoms with Gasteiger partial charge in [0.05, 0.1) is 12.2 Å². The molecule has 200 valence electrons. The van der Waals surface area contributed by atoms with Crippen molar-refractivity contribution in [2.75, 3.05) is 6.61 Å². The Labute approximate surface area is 218 Å². The normalized spacial score (nSPS) is 40.4. The summed E-state index contributed by atoms with van der Waals surface area (Å²) in [5, 5.41) is 34.1. The fourth-order valence-electron chi connectivity index (χ4n) is 7.94. The molecule has 8 atom stereocenters. The molecule has 1 aromatic carbocycles. The van der Waals surface area contributed by atoms with Crippen molar-refractivity contribution in [2.45, 2.75) is 76.2 Å². The van der Waals surface area contributed by atoms with Crippen LogP contribution in [0.5, 0.6) is 0 Å². The number of carbonyl (C=O) groups is 2. The Morgan fingerprint density at radius 1 is 1.19 bits per heavy atom. The van der Waals surface area contributed by atoms with Crippen LogP contribution in [-0.4, -0.2) is 56.5 Å². The van der Waals surface area contributed by atoms with Crippen molar-refractivity contribution in [3.63, 3.8) is 0 Å². The summed E-state index contributed by atoms with van der Waals surface area (Å²) >= 11 is 0. The number of nitrogens with two attached hydrogens (primary N) is 1. The van der Waals surface area contributed by atoms with Crippen LogP contribution < -0.4 is 5.73 Å². The molecular formula is C30H39NO6. The second kappa shape index (κ2) is 8.60. The van der Waals surface area contributed by atoms with Gasteiger partial charge in [-0.3, -0.25) is 9.59 Å². The smallest absolute Gasteiger partial charge is 0.323 e. The van der Waals surface area contributed by atoms with Gasteiger partial charge in [0, 0.05) is 29.6 Å². The van der Waals surface area contributed by atoms with E-state index in [9.17, 15) is 24.9 Å². The van der Waals surface area contributed by atoms with E-state index in [2.05, 4.69) is 0 Å². The van der Waals surface area contributed by atoms with E-state index in [4.69, 9.17) is 10.5 Å². The lowest BCUT2D eigenvalue weighted by atomic mass is 9.60. The van der Waals surface area contributed by atoms with Gasteiger partial charge in [0.1, 0.15) is 17.2 Å². The molecule has 0 radical (unpaired) electrons. The van der Waals surface area contributed by atoms with Gasteiger partial charge in [-0.15, -0.1) is 0 Å². The molecule has 0 heterocycles. The fourth-order valence-corrected chi connectivity index (χ4v) is 7.94. The molecule has 2 fully saturated rings. The average molecular weight is 510 g/mol. The molecule has 7 nitrogen and oxygen atoms in total. The summed E-state index contributed by atoms with van der Waals surface area (Å²) in [6, 6.07) is 9.09. The minimum Gasteiger partial charge on any atom is -0.457 e. The quantitative estimate of drug-likeness (QED) is 0.342. The number of ether oxygens (including phenoxy) is 1. The molecule has 7 heteroatoms. The molecule has 0 bridgehead atoms. The van der Waals surface area contributed by atoms with Crippen molar-refractivity contribution < 1.29 is 29.6 Å². The van der Waals surface area contributed by atoms with Crippen molar-refractivity contribution in [3.05, 3.63) is 59.2 Å². The highest BCUT2D eigenvalue weighted by molar-refractivity contribution is 6.04. The number of Topliss-reactive ketones (excluding diaryl/α,β-unsaturated/α-hetero) is 1. The van der Waals surface area contributed by atoms with Gasteiger partial charge in [0.15, 0.2) is 5.78 Å². The predicted molar refractivity (Wildman–Crippen MR) is 138 cm³/mol. The number of aryl methyl sites for hydroxylation is 1. The van der Waals surface area contributed by atoms with E-state index in [0.29, 0.717) is 30.4 Å². The topological polar surface area (TPSA) is 130 Å². The highest BCUT2D eigenvalue weighted by atomic mass is 16.6. The number of carbonyl (C=O) groups excluding carboxylic acids is 2. The Balaban J connectivity index is 1.44. The molecule has 0 aliphatic heterocycles. The largest absolute Gasteiger partial charge is 0.457 e. The number of hydrogen-bond donors (Lipinski definition) is 4. The van der Waals surface area contributed by atoms with Gasteiger partial charge in [0.25, 0.3) is 0 Å². The van der Waals surface area contributed by atoms with Gasteiger partial charge in [-0.2, -0.15) is 0 Å². The van der Waals surface area contributed by atoms with Crippen molar-refractivity contribution in [2.24, 2.45) is 34.8 Å². The molecule has 4 aliphatic rings. The summed E-state index contributed by atoms with van der Waals surface area (Å²) in [5.74, 6) is -2.83. The van der Waals surface area contributed by atoms with E-state index in [0.717, 1.165) is 5.56 Å². The van der Waals surface area contributed by atoms with Crippen LogP contribution in [0.1, 0.15) is 52.5 Å². The molecule has 1 aromatic rings. The number of aliphatic hydroxyl groups is 3. The zero-order chi connectivity index (χ0) is 27.0. The minimum atomic E-state index is -1.80. The average Bonchev–Trinajstić information content (AvgIpc) is 3.27. The lowest BCUT2D eigenvalue weighted by Crippen LogP contribution is -2.61. The van der Waals surface area contributed by atoms with Crippen LogP contribution in [0.15, 0.2) is 53.6 Å². The van der Waals surface area contributed by atoms with Gasteiger partial charge in [0.2, 0.25) is 0 Å². The summed E-state index contributed by atoms with van der Waals surface area (Å²) in [6.07, 6.45) is 5.02. The Bertz CT molecular complexity index is 1170. The third-order valence-electron chi connectivity index (χ3n) is 10.0. The van der Waals surface area contributed by atoms with E-state index in [1.54, 1.807) is 13.0 Å². The third kappa shape index (κ3) is 3.62. The first-order valence-electron chi connectivity index (χ1n) is 13.3. The maximum Gasteiger partial charge on any atom is 0.323 e. The number of aliphatic hydroxyl groups excluding tert-OH is 1. The lowest BCUT2D eigenvalue weighted by Gasteiger charge is -2.50. The number of benzene rings is 1. The molecule has 37 heavy (non-hydrogen) atoms. The SMILES string of the molecule is CC1=C[C@H]2[C@@]3(O)[C@H](C)C[C@]4(OC(=O)C(N)CCc5ccccc5)[C@H]([C@@H]3C=C(CO)C[C@]2(O)C1=O)C4(C)C. The van der Waals surface area contributed by atoms with Crippen LogP contribution in [0.4, 0.5) is 0 Å². The summed E-state index contributed by atoms with van der Waals surface area (Å²) in [6.45, 7) is 7.29. The lowest BCUT2D eigenvalue weighted by molar-refractivity contribution is -0.187. The second-order valence-corrected chi connectivity index (χ2v) is 12.4. The summed E-state index contributed by atoms with van der Waals surface area (Å²) < 4.78 is 6.26. The van der Waals surface area contributed by atoms with Gasteiger partial charge in [-0.25, -0.2) is 0 Å². The second-order valence-electron chi connectivity index (χ2n) is 12.4. The Morgan fingerprint density at radius 2 is 1.86 bits per heavy atom. The van der Waals surface area contributed by atoms with E-state index < -0.39 is 57.8 Å². The number of hydrogen-bond acceptors (Lipinski definition) is 7. The molecule has 5 N–H and O–H groups in total. The monoisotopic (exact) mass is 509 g/mol. The van der Waals surface area contributed by atoms with Crippen molar-refractivity contribution in [3.8, 4) is 0 Å². The van der Waals surface area contributed by atoms with Crippen LogP contribution in [0.3, 0.4) is 0 Å². The summed E-state index contributed by atoms with van der Waals surface area (Å²) in [4.78, 5) is 26.3. The molecule has 1 unspecified atom stereocenters. The molecule has 0 spiro atoms. The zero-order valence-electron chi connectivity index (χ0n) is 22.1. The molecule has 0 aromatic heterocycles. The first-order valence-corrected chi connectivity index (χ1v) is 13.3. The maximum absolute atomic E-state index is 13.2. The van der Waals surface area contributed by atoms with E-state index in [1.165, 1.54) is 0 Å². The van der Waals surface area contributed by atoms with Crippen LogP contribution in [0.2, 0.25) is 0 Å². The van der Waals surface area contributed by atoms with E-state index >= 15 is 0 Å². The van der Waals surface area contributed by atoms with Crippen LogP contribution in [-0.2, 0) is 20.7 Å². The first-order chi connectivity index (χ1) is 17.3. The highest BCUT2D eigenvalue weighted by Crippen LogP contribution is 2.76. The molecule has 0 saturated heterocycles. The fraction of sp³-hybridized carbons (Fsp3) is 0.600. The van der Waals surface area contributed by atoms with E-state index in [-0.39, 0.29) is 18.9 Å². The third-order valence-corrected chi connectivity index (χ3v) is 10.0. The summed E-state index contributed by atoms with van der Waals surface area (Å²) in [7, 11) is 0. The summed E-state index contributed by atoms with van der Waals surface area (Å²) in [5.41, 5.74) is 3.79. The number of ketones is 1. The number of esters is 1. The van der Waals surface area contributed by atoms with Gasteiger partial charge < -0.3 is 25.8 Å². The van der Waals surface area contributed by atoms with Crippen molar-refractivity contribution in [1.29, 1.82) is 0 Å². The van der Waals surface area contributed by atoms with Crippen LogP contribution in [0, 0.1) is 29.1 Å². The molecule has 5 rings (SSSR count). The first kappa shape index (κ1) is 26.3. The maximum atomic E-state index is 13.2. The van der Waals surface area contributed by atoms with Gasteiger partial charge >= 0.3 is 5.97 Å². The number of fused-ring (bicyclic) bond motifs is 5. The highest BCUT2D eigenvalue weighted by Gasteiger charge is 2.83. The van der Waals surface area contributed by atoms with E-state index in [1.807, 2.05) is 57.2 Å².